The number of aromatic nitrogens is 2. The van der Waals surface area contributed by atoms with Crippen LogP contribution in [0.2, 0.25) is 0 Å². The van der Waals surface area contributed by atoms with Crippen molar-refractivity contribution >= 4 is 11.4 Å². The van der Waals surface area contributed by atoms with E-state index in [1.165, 1.54) is 11.8 Å². The van der Waals surface area contributed by atoms with Gasteiger partial charge in [0.25, 0.3) is 0 Å². The first kappa shape index (κ1) is 24.6. The van der Waals surface area contributed by atoms with E-state index in [1.54, 1.807) is 26.0 Å². The molecule has 3 atom stereocenters. The molecule has 10 nitrogen and oxygen atoms in total. The fourth-order valence-electron chi connectivity index (χ4n) is 5.77. The van der Waals surface area contributed by atoms with E-state index < -0.39 is 22.2 Å². The van der Waals surface area contributed by atoms with Gasteiger partial charge in [-0.15, -0.1) is 0 Å². The van der Waals surface area contributed by atoms with Crippen LogP contribution in [0.15, 0.2) is 29.8 Å². The lowest BCUT2D eigenvalue weighted by atomic mass is 9.53. The van der Waals surface area contributed by atoms with E-state index >= 15 is 0 Å². The molecule has 0 amide bonds. The Bertz CT molecular complexity index is 1400. The van der Waals surface area contributed by atoms with E-state index in [1.807, 2.05) is 12.1 Å². The van der Waals surface area contributed by atoms with Crippen LogP contribution in [0.1, 0.15) is 47.7 Å². The molecule has 1 fully saturated rings. The zero-order valence-corrected chi connectivity index (χ0v) is 20.3. The monoisotopic (exact) mass is 483 g/mol. The van der Waals surface area contributed by atoms with Gasteiger partial charge in [0.15, 0.2) is 5.41 Å². The average molecular weight is 484 g/mol. The van der Waals surface area contributed by atoms with E-state index in [0.29, 0.717) is 34.7 Å². The fourth-order valence-corrected chi connectivity index (χ4v) is 5.77. The zero-order valence-electron chi connectivity index (χ0n) is 20.3. The number of nitriles is 3. The highest BCUT2D eigenvalue weighted by Crippen LogP contribution is 2.55. The maximum atomic E-state index is 11.5. The molecule has 0 radical (unpaired) electrons. The highest BCUT2D eigenvalue weighted by atomic mass is 16.6. The van der Waals surface area contributed by atoms with Gasteiger partial charge < -0.3 is 10.1 Å². The first-order valence-corrected chi connectivity index (χ1v) is 11.6. The largest absolute Gasteiger partial charge is 0.496 e. The number of methoxy groups -OCH3 is 1. The Morgan fingerprint density at radius 2 is 2.03 bits per heavy atom. The summed E-state index contributed by atoms with van der Waals surface area (Å²) in [6.45, 7) is 3.40. The number of nitro groups is 1. The Morgan fingerprint density at radius 3 is 2.61 bits per heavy atom. The first-order chi connectivity index (χ1) is 17.2. The molecule has 182 valence electrons. The fraction of sp³-hybridized carbons (Fsp3) is 0.423. The van der Waals surface area contributed by atoms with Gasteiger partial charge in [0.05, 0.1) is 42.5 Å². The predicted molar refractivity (Wildman–Crippen MR) is 129 cm³/mol. The number of ether oxygens (including phenoxy) is 1. The third-order valence-corrected chi connectivity index (χ3v) is 7.43. The molecule has 1 heterocycles. The predicted octanol–water partition coefficient (Wildman–Crippen LogP) is 4.48. The quantitative estimate of drug-likeness (QED) is 0.372. The van der Waals surface area contributed by atoms with Crippen molar-refractivity contribution in [2.24, 2.45) is 17.3 Å². The first-order valence-electron chi connectivity index (χ1n) is 11.6. The summed E-state index contributed by atoms with van der Waals surface area (Å²) < 4.78 is 7.09. The van der Waals surface area contributed by atoms with E-state index in [9.17, 15) is 25.9 Å². The number of hydrogen-bond donors (Lipinski definition) is 1. The van der Waals surface area contributed by atoms with Gasteiger partial charge in [0, 0.05) is 11.5 Å². The highest BCUT2D eigenvalue weighted by molar-refractivity contribution is 6.00. The minimum absolute atomic E-state index is 0.0432. The molecule has 1 aromatic heterocycles. The number of aryl methyl sites for hydroxylation is 1. The molecule has 2 aliphatic carbocycles. The third-order valence-electron chi connectivity index (χ3n) is 7.43. The van der Waals surface area contributed by atoms with Crippen molar-refractivity contribution in [1.29, 1.82) is 21.2 Å². The number of nitrogens with zero attached hydrogens (tertiary/aromatic N) is 6. The molecule has 4 rings (SSSR count). The minimum Gasteiger partial charge on any atom is -0.496 e. The van der Waals surface area contributed by atoms with Gasteiger partial charge in [-0.25, -0.2) is 0 Å². The molecular weight excluding hydrogens is 458 g/mol. The maximum Gasteiger partial charge on any atom is 0.312 e. The Kier molecular flexibility index (Phi) is 6.35. The smallest absolute Gasteiger partial charge is 0.312 e. The van der Waals surface area contributed by atoms with E-state index in [4.69, 9.17) is 10.1 Å². The molecule has 0 unspecified atom stereocenters. The Hall–Kier alpha value is -4.49. The lowest BCUT2D eigenvalue weighted by Crippen LogP contribution is -2.48. The van der Waals surface area contributed by atoms with Crippen LogP contribution >= 0.6 is 0 Å². The highest BCUT2D eigenvalue weighted by Gasteiger charge is 2.57. The van der Waals surface area contributed by atoms with Crippen LogP contribution in [0.25, 0.3) is 0 Å². The molecule has 1 N–H and O–H groups in total. The SMILES string of the molecule is COc1ccc([C@H]2[C@@H]3CCCC=C3[C@H](C#N)C(=N)C2(C#N)C#N)cc1Cn1nc(C)c([N+](=O)[O-])c1C. The summed E-state index contributed by atoms with van der Waals surface area (Å²) >= 11 is 0. The summed E-state index contributed by atoms with van der Waals surface area (Å²) in [7, 11) is 1.52. The second-order valence-electron chi connectivity index (χ2n) is 9.23. The van der Waals surface area contributed by atoms with Gasteiger partial charge in [-0.05, 0) is 62.3 Å². The number of fused-ring (bicyclic) bond motifs is 1. The summed E-state index contributed by atoms with van der Waals surface area (Å²) in [4.78, 5) is 11.0. The minimum atomic E-state index is -1.79. The van der Waals surface area contributed by atoms with E-state index in [0.717, 1.165) is 18.4 Å². The van der Waals surface area contributed by atoms with Gasteiger partial charge in [-0.3, -0.25) is 14.8 Å². The molecule has 36 heavy (non-hydrogen) atoms. The second kappa shape index (κ2) is 9.28. The molecule has 0 aliphatic heterocycles. The molecule has 0 spiro atoms. The van der Waals surface area contributed by atoms with Crippen molar-refractivity contribution in [2.75, 3.05) is 7.11 Å². The lowest BCUT2D eigenvalue weighted by molar-refractivity contribution is -0.386. The van der Waals surface area contributed by atoms with Crippen LogP contribution in [0.4, 0.5) is 5.69 Å². The molecule has 1 saturated carbocycles. The van der Waals surface area contributed by atoms with Crippen molar-refractivity contribution < 1.29 is 9.66 Å². The summed E-state index contributed by atoms with van der Waals surface area (Å²) in [5, 5.41) is 54.8. The summed E-state index contributed by atoms with van der Waals surface area (Å²) in [6, 6.07) is 11.7. The van der Waals surface area contributed by atoms with Crippen LogP contribution in [0, 0.1) is 80.6 Å². The molecular formula is C26H25N7O3. The zero-order chi connectivity index (χ0) is 26.2. The van der Waals surface area contributed by atoms with Crippen LogP contribution in [0.3, 0.4) is 0 Å². The number of benzene rings is 1. The number of nitrogens with one attached hydrogen (secondary N) is 1. The van der Waals surface area contributed by atoms with E-state index in [-0.39, 0.29) is 23.9 Å². The van der Waals surface area contributed by atoms with Gasteiger partial charge in [-0.1, -0.05) is 12.1 Å². The van der Waals surface area contributed by atoms with Crippen LogP contribution < -0.4 is 4.74 Å². The lowest BCUT2D eigenvalue weighted by Gasteiger charge is -2.45. The summed E-state index contributed by atoms with van der Waals surface area (Å²) in [5.41, 5.74) is 0.867. The number of rotatable bonds is 5. The van der Waals surface area contributed by atoms with Crippen molar-refractivity contribution in [3.8, 4) is 24.0 Å². The summed E-state index contributed by atoms with van der Waals surface area (Å²) in [6.07, 6.45) is 4.35. The van der Waals surface area contributed by atoms with Crippen molar-refractivity contribution in [3.63, 3.8) is 0 Å². The molecule has 0 bridgehead atoms. The van der Waals surface area contributed by atoms with Gasteiger partial charge in [0.1, 0.15) is 23.1 Å². The Balaban J connectivity index is 1.87. The average Bonchev–Trinajstić information content (AvgIpc) is 3.15. The topological polar surface area (TPSA) is 165 Å². The Labute approximate surface area is 208 Å². The van der Waals surface area contributed by atoms with Gasteiger partial charge in [-0.2, -0.15) is 20.9 Å². The number of hydrogen-bond acceptors (Lipinski definition) is 8. The van der Waals surface area contributed by atoms with E-state index in [2.05, 4.69) is 23.3 Å². The normalized spacial score (nSPS) is 22.4. The van der Waals surface area contributed by atoms with Crippen LogP contribution in [0.5, 0.6) is 5.75 Å². The standard InChI is InChI=1S/C26H25N7O3/c1-15-24(33(34)35)16(2)32(31-15)12-18-10-17(8-9-22(18)36-3)23-20-7-5-4-6-19(20)21(11-27)25(30)26(23,13-28)14-29/h6,8-10,20-21,23,30H,4-5,7,12H2,1-3H3/t20-,21+,23+/m1/s1. The molecule has 0 saturated heterocycles. The van der Waals surface area contributed by atoms with Crippen molar-refractivity contribution in [1.82, 2.24) is 9.78 Å². The summed E-state index contributed by atoms with van der Waals surface area (Å²) in [5.74, 6) is -1.23. The molecule has 10 heteroatoms. The van der Waals surface area contributed by atoms with Crippen molar-refractivity contribution in [2.45, 2.75) is 45.6 Å². The number of allylic oxidation sites excluding steroid dienone is 2. The third kappa shape index (κ3) is 3.61. The molecule has 2 aliphatic rings. The van der Waals surface area contributed by atoms with Crippen LogP contribution in [-0.2, 0) is 6.54 Å². The Morgan fingerprint density at radius 1 is 1.31 bits per heavy atom. The van der Waals surface area contributed by atoms with Crippen LogP contribution in [-0.4, -0.2) is 27.5 Å². The van der Waals surface area contributed by atoms with Gasteiger partial charge in [0.2, 0.25) is 0 Å². The maximum absolute atomic E-state index is 11.5. The van der Waals surface area contributed by atoms with Crippen molar-refractivity contribution in [3.05, 3.63) is 62.5 Å². The second-order valence-corrected chi connectivity index (χ2v) is 9.23. The molecule has 1 aromatic carbocycles. The molecule has 2 aromatic rings. The van der Waals surface area contributed by atoms with Gasteiger partial charge >= 0.3 is 5.69 Å².